The lowest BCUT2D eigenvalue weighted by Gasteiger charge is -2.06. The maximum Gasteiger partial charge on any atom is 0.141 e. The van der Waals surface area contributed by atoms with E-state index in [0.717, 1.165) is 28.1 Å². The Morgan fingerprint density at radius 2 is 2.06 bits per heavy atom. The number of alkyl halides is 1. The number of para-hydroxylation sites is 2. The molecule has 5 heteroatoms. The van der Waals surface area contributed by atoms with E-state index in [1.807, 2.05) is 53.8 Å². The Balaban J connectivity index is 2.33. The molecule has 2 aromatic heterocycles. The first-order valence-electron chi connectivity index (χ1n) is 5.73. The van der Waals surface area contributed by atoms with Crippen molar-refractivity contribution < 1.29 is 0 Å². The first kappa shape index (κ1) is 11.3. The first-order chi connectivity index (χ1) is 8.72. The van der Waals surface area contributed by atoms with Crippen LogP contribution in [0.1, 0.15) is 11.3 Å². The van der Waals surface area contributed by atoms with Gasteiger partial charge in [0.2, 0.25) is 0 Å². The number of benzene rings is 1. The Morgan fingerprint density at radius 3 is 2.83 bits per heavy atom. The molecule has 0 aliphatic rings. The molecule has 18 heavy (non-hydrogen) atoms. The number of aromatic nitrogens is 4. The normalized spacial score (nSPS) is 11.3. The standard InChI is InChI=1S/C13H13ClN4/c1-9-10(7-14)13(17(2)16-9)18-8-15-11-5-3-4-6-12(11)18/h3-6,8H,7H2,1-2H3. The summed E-state index contributed by atoms with van der Waals surface area (Å²) in [4.78, 5) is 4.40. The van der Waals surface area contributed by atoms with Crippen molar-refractivity contribution in [3.8, 4) is 5.82 Å². The number of nitrogens with zero attached hydrogens (tertiary/aromatic N) is 4. The van der Waals surface area contributed by atoms with Crippen molar-refractivity contribution in [3.63, 3.8) is 0 Å². The van der Waals surface area contributed by atoms with Gasteiger partial charge in [-0.2, -0.15) is 5.10 Å². The van der Waals surface area contributed by atoms with Crippen LogP contribution in [-0.2, 0) is 12.9 Å². The van der Waals surface area contributed by atoms with Gasteiger partial charge in [-0.25, -0.2) is 4.98 Å². The minimum absolute atomic E-state index is 0.446. The van der Waals surface area contributed by atoms with Crippen LogP contribution >= 0.6 is 11.6 Å². The molecule has 0 bridgehead atoms. The van der Waals surface area contributed by atoms with Crippen LogP contribution in [0, 0.1) is 6.92 Å². The minimum atomic E-state index is 0.446. The maximum atomic E-state index is 6.03. The summed E-state index contributed by atoms with van der Waals surface area (Å²) >= 11 is 6.03. The second-order valence-corrected chi connectivity index (χ2v) is 4.52. The van der Waals surface area contributed by atoms with Crippen molar-refractivity contribution >= 4 is 22.6 Å². The van der Waals surface area contributed by atoms with E-state index in [4.69, 9.17) is 11.6 Å². The largest absolute Gasteiger partial charge is 0.283 e. The Morgan fingerprint density at radius 1 is 1.28 bits per heavy atom. The molecule has 0 aliphatic heterocycles. The number of imidazole rings is 1. The van der Waals surface area contributed by atoms with Gasteiger partial charge in [-0.3, -0.25) is 9.25 Å². The van der Waals surface area contributed by atoms with Crippen LogP contribution in [0.15, 0.2) is 30.6 Å². The molecule has 0 spiro atoms. The molecule has 4 nitrogen and oxygen atoms in total. The van der Waals surface area contributed by atoms with E-state index in [-0.39, 0.29) is 0 Å². The summed E-state index contributed by atoms with van der Waals surface area (Å²) in [5.74, 6) is 1.43. The Labute approximate surface area is 110 Å². The van der Waals surface area contributed by atoms with Gasteiger partial charge in [0.05, 0.1) is 22.6 Å². The lowest BCUT2D eigenvalue weighted by Crippen LogP contribution is -2.03. The molecule has 3 aromatic rings. The van der Waals surface area contributed by atoms with Gasteiger partial charge in [0.25, 0.3) is 0 Å². The summed E-state index contributed by atoms with van der Waals surface area (Å²) in [6.07, 6.45) is 1.82. The van der Waals surface area contributed by atoms with E-state index in [2.05, 4.69) is 10.1 Å². The minimum Gasteiger partial charge on any atom is -0.283 e. The highest BCUT2D eigenvalue weighted by atomic mass is 35.5. The van der Waals surface area contributed by atoms with Crippen molar-refractivity contribution in [1.82, 2.24) is 19.3 Å². The average Bonchev–Trinajstić information content (AvgIpc) is 2.89. The monoisotopic (exact) mass is 260 g/mol. The van der Waals surface area contributed by atoms with Gasteiger partial charge >= 0.3 is 0 Å². The molecule has 0 aliphatic carbocycles. The topological polar surface area (TPSA) is 35.6 Å². The number of halogens is 1. The Bertz CT molecular complexity index is 711. The predicted molar refractivity (Wildman–Crippen MR) is 72.1 cm³/mol. The zero-order chi connectivity index (χ0) is 12.7. The van der Waals surface area contributed by atoms with Crippen molar-refractivity contribution in [1.29, 1.82) is 0 Å². The number of hydrogen-bond donors (Lipinski definition) is 0. The number of fused-ring (bicyclic) bond motifs is 1. The van der Waals surface area contributed by atoms with Crippen LogP contribution in [0.3, 0.4) is 0 Å². The maximum absolute atomic E-state index is 6.03. The number of hydrogen-bond acceptors (Lipinski definition) is 2. The summed E-state index contributed by atoms with van der Waals surface area (Å²) < 4.78 is 3.88. The van der Waals surface area contributed by atoms with Crippen LogP contribution in [0.25, 0.3) is 16.9 Å². The lowest BCUT2D eigenvalue weighted by molar-refractivity contribution is 0.726. The van der Waals surface area contributed by atoms with E-state index >= 15 is 0 Å². The first-order valence-corrected chi connectivity index (χ1v) is 6.26. The smallest absolute Gasteiger partial charge is 0.141 e. The van der Waals surface area contributed by atoms with Gasteiger partial charge in [0.1, 0.15) is 12.1 Å². The molecule has 0 radical (unpaired) electrons. The number of rotatable bonds is 2. The van der Waals surface area contributed by atoms with Crippen molar-refractivity contribution in [3.05, 3.63) is 41.9 Å². The molecule has 0 atom stereocenters. The molecule has 0 saturated carbocycles. The second-order valence-electron chi connectivity index (χ2n) is 4.25. The second kappa shape index (κ2) is 4.14. The SMILES string of the molecule is Cc1nn(C)c(-n2cnc3ccccc32)c1CCl. The molecule has 1 aromatic carbocycles. The van der Waals surface area contributed by atoms with Crippen LogP contribution in [0.2, 0.25) is 0 Å². The third-order valence-electron chi connectivity index (χ3n) is 3.13. The molecule has 0 N–H and O–H groups in total. The zero-order valence-electron chi connectivity index (χ0n) is 10.3. The van der Waals surface area contributed by atoms with E-state index in [9.17, 15) is 0 Å². The van der Waals surface area contributed by atoms with Gasteiger partial charge in [0, 0.05) is 12.6 Å². The molecule has 92 valence electrons. The quantitative estimate of drug-likeness (QED) is 0.664. The third-order valence-corrected chi connectivity index (χ3v) is 3.40. The summed E-state index contributed by atoms with van der Waals surface area (Å²) in [7, 11) is 1.92. The fourth-order valence-corrected chi connectivity index (χ4v) is 2.59. The molecular weight excluding hydrogens is 248 g/mol. The van der Waals surface area contributed by atoms with Crippen LogP contribution in [-0.4, -0.2) is 19.3 Å². The van der Waals surface area contributed by atoms with Gasteiger partial charge in [-0.1, -0.05) is 12.1 Å². The highest BCUT2D eigenvalue weighted by molar-refractivity contribution is 6.17. The molecule has 0 fully saturated rings. The van der Waals surface area contributed by atoms with Gasteiger partial charge in [-0.15, -0.1) is 11.6 Å². The van der Waals surface area contributed by atoms with E-state index < -0.39 is 0 Å². The summed E-state index contributed by atoms with van der Waals surface area (Å²) in [5, 5.41) is 4.43. The summed E-state index contributed by atoms with van der Waals surface area (Å²) in [6.45, 7) is 1.97. The zero-order valence-corrected chi connectivity index (χ0v) is 11.0. The van der Waals surface area contributed by atoms with Crippen LogP contribution in [0.5, 0.6) is 0 Å². The summed E-state index contributed by atoms with van der Waals surface area (Å²) in [5.41, 5.74) is 4.03. The van der Waals surface area contributed by atoms with Crippen LogP contribution < -0.4 is 0 Å². The Hall–Kier alpha value is -1.81. The third kappa shape index (κ3) is 1.53. The van der Waals surface area contributed by atoms with E-state index in [1.165, 1.54) is 0 Å². The fourth-order valence-electron chi connectivity index (χ4n) is 2.28. The molecule has 2 heterocycles. The van der Waals surface area contributed by atoms with E-state index in [0.29, 0.717) is 5.88 Å². The predicted octanol–water partition coefficient (Wildman–Crippen LogP) is 2.81. The summed E-state index contributed by atoms with van der Waals surface area (Å²) in [6, 6.07) is 8.03. The lowest BCUT2D eigenvalue weighted by atomic mass is 10.2. The van der Waals surface area contributed by atoms with Crippen molar-refractivity contribution in [2.24, 2.45) is 7.05 Å². The molecule has 0 amide bonds. The molecular formula is C13H13ClN4. The molecule has 0 unspecified atom stereocenters. The fraction of sp³-hybridized carbons (Fsp3) is 0.231. The van der Waals surface area contributed by atoms with Gasteiger partial charge in [0.15, 0.2) is 0 Å². The average molecular weight is 261 g/mol. The van der Waals surface area contributed by atoms with Gasteiger partial charge in [-0.05, 0) is 19.1 Å². The van der Waals surface area contributed by atoms with Crippen LogP contribution in [0.4, 0.5) is 0 Å². The van der Waals surface area contributed by atoms with E-state index in [1.54, 1.807) is 0 Å². The number of aryl methyl sites for hydroxylation is 2. The molecule has 3 rings (SSSR count). The Kier molecular flexibility index (Phi) is 2.59. The highest BCUT2D eigenvalue weighted by Crippen LogP contribution is 2.23. The van der Waals surface area contributed by atoms with Crippen molar-refractivity contribution in [2.75, 3.05) is 0 Å². The van der Waals surface area contributed by atoms with Crippen molar-refractivity contribution in [2.45, 2.75) is 12.8 Å². The highest BCUT2D eigenvalue weighted by Gasteiger charge is 2.15. The molecule has 0 saturated heterocycles. The van der Waals surface area contributed by atoms with Gasteiger partial charge < -0.3 is 0 Å².